The molecule has 0 atom stereocenters. The van der Waals surface area contributed by atoms with Gasteiger partial charge in [-0.1, -0.05) is 24.3 Å². The van der Waals surface area contributed by atoms with Gasteiger partial charge >= 0.3 is 35.6 Å². The van der Waals surface area contributed by atoms with Crippen molar-refractivity contribution in [1.29, 1.82) is 0 Å². The van der Waals surface area contributed by atoms with Crippen LogP contribution in [-0.2, 0) is 30.3 Å². The third-order valence-corrected chi connectivity index (χ3v) is 8.61. The molecule has 1 saturated carbocycles. The number of nitrogens with one attached hydrogen (secondary N) is 3. The van der Waals surface area contributed by atoms with E-state index < -0.39 is 51.3 Å². The number of benzene rings is 2. The molecule has 1 aliphatic rings. The Balaban J connectivity index is 0.00000481. The fourth-order valence-electron chi connectivity index (χ4n) is 3.17. The average Bonchev–Trinajstić information content (AvgIpc) is 3.57. The molecule has 0 aliphatic heterocycles. The summed E-state index contributed by atoms with van der Waals surface area (Å²) in [5.74, 6) is 0. The van der Waals surface area contributed by atoms with E-state index in [4.69, 9.17) is 0 Å². The van der Waals surface area contributed by atoms with Gasteiger partial charge in [0, 0.05) is 17.4 Å². The van der Waals surface area contributed by atoms with Crippen molar-refractivity contribution in [3.63, 3.8) is 0 Å². The molecule has 0 spiro atoms. The first kappa shape index (κ1) is 31.2. The number of rotatable bonds is 9. The van der Waals surface area contributed by atoms with Crippen molar-refractivity contribution < 1.29 is 68.7 Å². The Morgan fingerprint density at radius 3 is 1.76 bits per heavy atom. The van der Waals surface area contributed by atoms with Crippen molar-refractivity contribution in [1.82, 2.24) is 5.32 Å². The molecule has 0 unspecified atom stereocenters. The van der Waals surface area contributed by atoms with Crippen molar-refractivity contribution in [2.45, 2.75) is 47.8 Å². The predicted octanol–water partition coefficient (Wildman–Crippen LogP) is -0.212. The zero-order valence-corrected chi connectivity index (χ0v) is 24.6. The number of hydrogen-bond acceptors (Lipinski definition) is 7. The van der Waals surface area contributed by atoms with Crippen LogP contribution in [0.15, 0.2) is 46.2 Å². The number of urea groups is 1. The molecule has 196 valence electrons. The van der Waals surface area contributed by atoms with E-state index in [-0.39, 0.29) is 58.1 Å². The van der Waals surface area contributed by atoms with Crippen LogP contribution in [0, 0.1) is 0 Å². The van der Waals surface area contributed by atoms with Crippen molar-refractivity contribution in [3.05, 3.63) is 47.5 Å². The Morgan fingerprint density at radius 1 is 0.865 bits per heavy atom. The minimum absolute atomic E-state index is 0. The normalized spacial score (nSPS) is 14.3. The van der Waals surface area contributed by atoms with Crippen LogP contribution in [0.25, 0.3) is 12.2 Å². The second-order valence-electron chi connectivity index (χ2n) is 8.39. The molecule has 1 aliphatic carbocycles. The summed E-state index contributed by atoms with van der Waals surface area (Å²) in [7, 11) is -13.2. The predicted molar refractivity (Wildman–Crippen MR) is 134 cm³/mol. The summed E-state index contributed by atoms with van der Waals surface area (Å²) in [6.45, 7) is 3.46. The van der Waals surface area contributed by atoms with E-state index in [2.05, 4.69) is 15.4 Å². The molecule has 12 nitrogen and oxygen atoms in total. The Kier molecular flexibility index (Phi) is 9.98. The van der Waals surface area contributed by atoms with Crippen LogP contribution in [0.4, 0.5) is 16.2 Å². The van der Waals surface area contributed by atoms with E-state index in [0.717, 1.165) is 12.1 Å². The molecule has 2 aromatic rings. The molecule has 1 fully saturated rings. The fourth-order valence-corrected chi connectivity index (χ4v) is 5.97. The average molecular weight is 583 g/mol. The molecule has 0 saturated heterocycles. The molecule has 2 amide bonds. The summed E-state index contributed by atoms with van der Waals surface area (Å²) < 4.78 is 93.6. The Hall–Kier alpha value is -1.98. The van der Waals surface area contributed by atoms with Crippen LogP contribution in [0.1, 0.15) is 37.8 Å². The molecule has 0 radical (unpaired) electrons. The first-order valence-electron chi connectivity index (χ1n) is 10.6. The summed E-state index contributed by atoms with van der Waals surface area (Å²) in [6, 6.07) is 6.35. The third-order valence-electron chi connectivity index (χ3n) is 4.93. The SMILES string of the molecule is CC(C)NC(=O)Nc1ccc(/C=C/c2ccc(NS(=O)(=O)C3CC3)cc2S(=O)(=O)O)c(S(=O)(=O)O)c1.[Na+]. The van der Waals surface area contributed by atoms with E-state index in [1.807, 2.05) is 0 Å². The van der Waals surface area contributed by atoms with Gasteiger partial charge in [-0.15, -0.1) is 0 Å². The van der Waals surface area contributed by atoms with Crippen LogP contribution >= 0.6 is 0 Å². The van der Waals surface area contributed by atoms with E-state index in [9.17, 15) is 39.2 Å². The Morgan fingerprint density at radius 2 is 1.32 bits per heavy atom. The van der Waals surface area contributed by atoms with Gasteiger partial charge in [0.1, 0.15) is 9.79 Å². The van der Waals surface area contributed by atoms with E-state index in [1.165, 1.54) is 36.4 Å². The smallest absolute Gasteiger partial charge is 0.336 e. The molecular formula is C21H25N3NaO9S3+. The zero-order valence-electron chi connectivity index (χ0n) is 20.2. The largest absolute Gasteiger partial charge is 1.00 e. The first-order chi connectivity index (χ1) is 16.6. The summed E-state index contributed by atoms with van der Waals surface area (Å²) >= 11 is 0. The van der Waals surface area contributed by atoms with Crippen molar-refractivity contribution in [2.24, 2.45) is 0 Å². The summed E-state index contributed by atoms with van der Waals surface area (Å²) in [5, 5.41) is 4.44. The number of sulfonamides is 1. The van der Waals surface area contributed by atoms with Gasteiger partial charge in [0.25, 0.3) is 20.2 Å². The molecule has 0 bridgehead atoms. The standard InChI is InChI=1S/C21H25N3O9S3.Na/c1-13(2)22-21(25)23-16-7-5-14(19(11-16)35(28,29)30)3-4-15-6-8-17(12-20(15)36(31,32)33)24-34(26,27)18-9-10-18;/h3-8,11-13,18,24H,9-10H2,1-2H3,(H2,22,23,25)(H,28,29,30)(H,31,32,33);/q;+1/b4-3+;. The topological polar surface area (TPSA) is 196 Å². The van der Waals surface area contributed by atoms with Gasteiger partial charge in [-0.05, 0) is 62.1 Å². The summed E-state index contributed by atoms with van der Waals surface area (Å²) in [6.07, 6.45) is 3.34. The molecule has 16 heteroatoms. The van der Waals surface area contributed by atoms with Crippen LogP contribution in [0.2, 0.25) is 0 Å². The van der Waals surface area contributed by atoms with Gasteiger partial charge in [0.15, 0.2) is 0 Å². The molecule has 3 rings (SSSR count). The van der Waals surface area contributed by atoms with Crippen molar-refractivity contribution >= 4 is 59.8 Å². The van der Waals surface area contributed by atoms with Gasteiger partial charge in [-0.3, -0.25) is 13.8 Å². The van der Waals surface area contributed by atoms with Crippen molar-refractivity contribution in [2.75, 3.05) is 10.0 Å². The van der Waals surface area contributed by atoms with Crippen LogP contribution in [0.5, 0.6) is 0 Å². The molecule has 37 heavy (non-hydrogen) atoms. The minimum Gasteiger partial charge on any atom is -0.336 e. The number of carbonyl (C=O) groups excluding carboxylic acids is 1. The Labute approximate surface area is 237 Å². The van der Waals surface area contributed by atoms with Gasteiger partial charge in [0.2, 0.25) is 10.0 Å². The maximum Gasteiger partial charge on any atom is 1.00 e. The quantitative estimate of drug-likeness (QED) is 0.151. The molecular weight excluding hydrogens is 557 g/mol. The van der Waals surface area contributed by atoms with E-state index >= 15 is 0 Å². The summed E-state index contributed by atoms with van der Waals surface area (Å²) in [5.41, 5.74) is -0.122. The Bertz CT molecular complexity index is 1530. The number of amides is 2. The maximum atomic E-state index is 12.1. The molecule has 5 N–H and O–H groups in total. The summed E-state index contributed by atoms with van der Waals surface area (Å²) in [4.78, 5) is 10.7. The number of carbonyl (C=O) groups is 1. The van der Waals surface area contributed by atoms with Gasteiger partial charge < -0.3 is 10.6 Å². The molecule has 0 heterocycles. The van der Waals surface area contributed by atoms with Crippen LogP contribution < -0.4 is 44.9 Å². The third kappa shape index (κ3) is 8.78. The molecule has 0 aromatic heterocycles. The van der Waals surface area contributed by atoms with Crippen LogP contribution in [0.3, 0.4) is 0 Å². The second kappa shape index (κ2) is 11.8. The van der Waals surface area contributed by atoms with Crippen molar-refractivity contribution in [3.8, 4) is 0 Å². The fraction of sp³-hybridized carbons (Fsp3) is 0.286. The minimum atomic E-state index is -4.80. The first-order valence-corrected chi connectivity index (χ1v) is 15.0. The van der Waals surface area contributed by atoms with Crippen LogP contribution in [-0.4, -0.2) is 51.7 Å². The van der Waals surface area contributed by atoms with E-state index in [1.54, 1.807) is 13.8 Å². The number of hydrogen-bond donors (Lipinski definition) is 5. The molecule has 2 aromatic carbocycles. The van der Waals surface area contributed by atoms with E-state index in [0.29, 0.717) is 12.8 Å². The van der Waals surface area contributed by atoms with Gasteiger partial charge in [-0.2, -0.15) is 16.8 Å². The maximum absolute atomic E-state index is 12.1. The zero-order chi connectivity index (χ0) is 26.9. The number of anilines is 2. The second-order valence-corrected chi connectivity index (χ2v) is 13.1. The monoisotopic (exact) mass is 582 g/mol. The van der Waals surface area contributed by atoms with Gasteiger partial charge in [0.05, 0.1) is 5.25 Å². The van der Waals surface area contributed by atoms with Gasteiger partial charge in [-0.25, -0.2) is 13.2 Å².